The van der Waals surface area contributed by atoms with Crippen LogP contribution in [-0.2, 0) is 4.79 Å². The number of alkyl halides is 1. The van der Waals surface area contributed by atoms with E-state index in [0.717, 1.165) is 0 Å². The topological polar surface area (TPSA) is 77.8 Å². The quantitative estimate of drug-likeness (QED) is 0.446. The van der Waals surface area contributed by atoms with Gasteiger partial charge in [-0.3, -0.25) is 4.79 Å². The van der Waals surface area contributed by atoms with Crippen LogP contribution in [0.4, 0.5) is 4.39 Å². The molecule has 0 aliphatic carbocycles. The molecule has 0 aromatic heterocycles. The van der Waals surface area contributed by atoms with E-state index in [0.29, 0.717) is 0 Å². The number of hydrogen-bond donors (Lipinski definition) is 3. The predicted octanol–water partition coefficient (Wildman–Crippen LogP) is -1.76. The second kappa shape index (κ2) is 4.32. The van der Waals surface area contributed by atoms with Crippen LogP contribution in [0.3, 0.4) is 0 Å². The standard InChI is InChI=1S/C5H9FO4/c6-1-3(8)5(10)4(9)2-7/h3,5,7-8,10H,1-2H2/t3-,5+/m1/s1. The molecule has 0 aromatic carbocycles. The molecule has 0 fully saturated rings. The maximum atomic E-state index is 11.5. The van der Waals surface area contributed by atoms with Gasteiger partial charge >= 0.3 is 0 Å². The van der Waals surface area contributed by atoms with Crippen molar-refractivity contribution >= 4 is 5.78 Å². The Bertz CT molecular complexity index is 116. The molecule has 0 bridgehead atoms. The zero-order chi connectivity index (χ0) is 8.15. The van der Waals surface area contributed by atoms with Crippen molar-refractivity contribution in [2.45, 2.75) is 12.2 Å². The van der Waals surface area contributed by atoms with Gasteiger partial charge in [-0.1, -0.05) is 0 Å². The van der Waals surface area contributed by atoms with Crippen LogP contribution in [0.15, 0.2) is 0 Å². The lowest BCUT2D eigenvalue weighted by molar-refractivity contribution is -0.136. The van der Waals surface area contributed by atoms with Gasteiger partial charge in [0.25, 0.3) is 0 Å². The summed E-state index contributed by atoms with van der Waals surface area (Å²) in [6.45, 7) is -2.09. The van der Waals surface area contributed by atoms with Gasteiger partial charge in [0.1, 0.15) is 25.5 Å². The molecule has 0 aliphatic rings. The summed E-state index contributed by atoms with van der Waals surface area (Å²) in [5.74, 6) is -0.981. The van der Waals surface area contributed by atoms with E-state index in [2.05, 4.69) is 0 Å². The summed E-state index contributed by atoms with van der Waals surface area (Å²) >= 11 is 0. The highest BCUT2D eigenvalue weighted by atomic mass is 19.1. The minimum absolute atomic E-state index is 0.891. The molecule has 0 rings (SSSR count). The summed E-state index contributed by atoms with van der Waals surface area (Å²) in [6.07, 6.45) is -3.53. The first-order valence-corrected chi connectivity index (χ1v) is 2.69. The van der Waals surface area contributed by atoms with E-state index in [1.54, 1.807) is 0 Å². The van der Waals surface area contributed by atoms with Crippen molar-refractivity contribution < 1.29 is 24.5 Å². The number of carbonyl (C=O) groups is 1. The Morgan fingerprint density at radius 1 is 1.50 bits per heavy atom. The summed E-state index contributed by atoms with van der Waals surface area (Å²) in [5, 5.41) is 25.2. The molecule has 0 aliphatic heterocycles. The van der Waals surface area contributed by atoms with Gasteiger partial charge < -0.3 is 15.3 Å². The molecular formula is C5H9FO4. The fraction of sp³-hybridized carbons (Fsp3) is 0.800. The summed E-state index contributed by atoms with van der Waals surface area (Å²) in [5.41, 5.74) is 0. The van der Waals surface area contributed by atoms with Crippen LogP contribution in [0.5, 0.6) is 0 Å². The Labute approximate surface area is 56.9 Å². The first-order chi connectivity index (χ1) is 4.63. The largest absolute Gasteiger partial charge is 0.388 e. The monoisotopic (exact) mass is 152 g/mol. The molecule has 4 nitrogen and oxygen atoms in total. The Kier molecular flexibility index (Phi) is 4.10. The fourth-order valence-electron chi connectivity index (χ4n) is 0.392. The highest BCUT2D eigenvalue weighted by Gasteiger charge is 2.22. The molecule has 0 aromatic rings. The van der Waals surface area contributed by atoms with Gasteiger partial charge in [-0.25, -0.2) is 4.39 Å². The zero-order valence-electron chi connectivity index (χ0n) is 5.20. The molecule has 0 radical (unpaired) electrons. The highest BCUT2D eigenvalue weighted by Crippen LogP contribution is 1.95. The maximum absolute atomic E-state index is 11.5. The van der Waals surface area contributed by atoms with Crippen molar-refractivity contribution in [3.63, 3.8) is 0 Å². The van der Waals surface area contributed by atoms with Gasteiger partial charge in [0.05, 0.1) is 0 Å². The second-order valence-electron chi connectivity index (χ2n) is 1.79. The lowest BCUT2D eigenvalue weighted by atomic mass is 10.1. The van der Waals surface area contributed by atoms with Gasteiger partial charge in [0.2, 0.25) is 0 Å². The highest BCUT2D eigenvalue weighted by molar-refractivity contribution is 5.84. The molecule has 0 unspecified atom stereocenters. The number of carbonyl (C=O) groups excluding carboxylic acids is 1. The van der Waals surface area contributed by atoms with E-state index >= 15 is 0 Å². The Hall–Kier alpha value is -0.520. The van der Waals surface area contributed by atoms with Crippen LogP contribution in [0.1, 0.15) is 0 Å². The Morgan fingerprint density at radius 2 is 2.00 bits per heavy atom. The van der Waals surface area contributed by atoms with Crippen molar-refractivity contribution in [1.82, 2.24) is 0 Å². The van der Waals surface area contributed by atoms with Gasteiger partial charge in [0, 0.05) is 0 Å². The third-order valence-electron chi connectivity index (χ3n) is 1.01. The molecule has 0 saturated carbocycles. The lowest BCUT2D eigenvalue weighted by Crippen LogP contribution is -2.36. The van der Waals surface area contributed by atoms with Crippen molar-refractivity contribution in [2.24, 2.45) is 0 Å². The van der Waals surface area contributed by atoms with Gasteiger partial charge in [-0.2, -0.15) is 0 Å². The minimum atomic E-state index is -1.81. The average molecular weight is 152 g/mol. The van der Waals surface area contributed by atoms with E-state index in [4.69, 9.17) is 15.3 Å². The van der Waals surface area contributed by atoms with Crippen LogP contribution in [0, 0.1) is 0 Å². The first-order valence-electron chi connectivity index (χ1n) is 2.69. The predicted molar refractivity (Wildman–Crippen MR) is 30.1 cm³/mol. The van der Waals surface area contributed by atoms with Crippen molar-refractivity contribution in [1.29, 1.82) is 0 Å². The number of aliphatic hydroxyl groups excluding tert-OH is 3. The molecule has 0 saturated heterocycles. The smallest absolute Gasteiger partial charge is 0.189 e. The van der Waals surface area contributed by atoms with E-state index < -0.39 is 31.3 Å². The van der Waals surface area contributed by atoms with Crippen molar-refractivity contribution in [3.05, 3.63) is 0 Å². The Balaban J connectivity index is 3.81. The summed E-state index contributed by atoms with van der Waals surface area (Å²) in [7, 11) is 0. The number of aliphatic hydroxyl groups is 3. The van der Waals surface area contributed by atoms with E-state index in [-0.39, 0.29) is 0 Å². The minimum Gasteiger partial charge on any atom is -0.388 e. The SMILES string of the molecule is O=C(CO)[C@@H](O)[C@H](O)CF. The molecule has 0 heterocycles. The molecule has 5 heteroatoms. The van der Waals surface area contributed by atoms with E-state index in [1.807, 2.05) is 0 Å². The number of rotatable bonds is 4. The summed E-state index contributed by atoms with van der Waals surface area (Å²) in [4.78, 5) is 10.3. The number of Topliss-reactive ketones (excluding diaryl/α,β-unsaturated/α-hetero) is 1. The molecule has 2 atom stereocenters. The van der Waals surface area contributed by atoms with Crippen molar-refractivity contribution in [3.8, 4) is 0 Å². The van der Waals surface area contributed by atoms with E-state index in [9.17, 15) is 9.18 Å². The van der Waals surface area contributed by atoms with Crippen LogP contribution in [0.25, 0.3) is 0 Å². The van der Waals surface area contributed by atoms with Crippen LogP contribution in [0.2, 0.25) is 0 Å². The molecule has 60 valence electrons. The third-order valence-corrected chi connectivity index (χ3v) is 1.01. The molecular weight excluding hydrogens is 143 g/mol. The summed E-state index contributed by atoms with van der Waals surface area (Å²) < 4.78 is 11.5. The normalized spacial score (nSPS) is 16.4. The molecule has 0 amide bonds. The zero-order valence-corrected chi connectivity index (χ0v) is 5.20. The molecule has 3 N–H and O–H groups in total. The maximum Gasteiger partial charge on any atom is 0.189 e. The molecule has 10 heavy (non-hydrogen) atoms. The third kappa shape index (κ3) is 2.38. The van der Waals surface area contributed by atoms with Crippen molar-refractivity contribution in [2.75, 3.05) is 13.3 Å². The molecule has 0 spiro atoms. The number of halogens is 1. The van der Waals surface area contributed by atoms with E-state index in [1.165, 1.54) is 0 Å². The fourth-order valence-corrected chi connectivity index (χ4v) is 0.392. The van der Waals surface area contributed by atoms with Crippen LogP contribution in [-0.4, -0.2) is 46.6 Å². The van der Waals surface area contributed by atoms with Crippen LogP contribution >= 0.6 is 0 Å². The van der Waals surface area contributed by atoms with Gasteiger partial charge in [-0.15, -0.1) is 0 Å². The number of hydrogen-bond acceptors (Lipinski definition) is 4. The van der Waals surface area contributed by atoms with Crippen LogP contribution < -0.4 is 0 Å². The lowest BCUT2D eigenvalue weighted by Gasteiger charge is -2.10. The van der Waals surface area contributed by atoms with Gasteiger partial charge in [0.15, 0.2) is 5.78 Å². The first kappa shape index (κ1) is 9.48. The Morgan fingerprint density at radius 3 is 2.30 bits per heavy atom. The second-order valence-corrected chi connectivity index (χ2v) is 1.79. The number of ketones is 1. The average Bonchev–Trinajstić information content (AvgIpc) is 2.00. The summed E-state index contributed by atoms with van der Waals surface area (Å²) in [6, 6.07) is 0. The van der Waals surface area contributed by atoms with Gasteiger partial charge in [-0.05, 0) is 0 Å².